The van der Waals surface area contributed by atoms with Crippen LogP contribution in [-0.2, 0) is 0 Å². The molecular weight excluding hydrogens is 310 g/mol. The van der Waals surface area contributed by atoms with Gasteiger partial charge >= 0.3 is 0 Å². The quantitative estimate of drug-likeness (QED) is 0.695. The van der Waals surface area contributed by atoms with Gasteiger partial charge in [0.2, 0.25) is 0 Å². The second kappa shape index (κ2) is 5.76. The number of benzene rings is 1. The van der Waals surface area contributed by atoms with Gasteiger partial charge in [-0.2, -0.15) is 5.10 Å². The molecule has 1 aliphatic heterocycles. The molecule has 1 aliphatic carbocycles. The second-order valence-electron chi connectivity index (χ2n) is 5.84. The lowest BCUT2D eigenvalue weighted by Crippen LogP contribution is -2.27. The van der Waals surface area contributed by atoms with Gasteiger partial charge in [0, 0.05) is 34.6 Å². The molecule has 1 aromatic heterocycles. The molecule has 0 amide bonds. The normalized spacial score (nSPS) is 21.8. The molecule has 5 nitrogen and oxygen atoms in total. The van der Waals surface area contributed by atoms with Crippen molar-refractivity contribution < 1.29 is 0 Å². The maximum atomic E-state index is 6.19. The van der Waals surface area contributed by atoms with E-state index in [0.717, 1.165) is 28.6 Å². The molecule has 0 saturated heterocycles. The van der Waals surface area contributed by atoms with Crippen LogP contribution < -0.4 is 16.4 Å². The molecule has 2 aromatic rings. The Labute approximate surface area is 139 Å². The summed E-state index contributed by atoms with van der Waals surface area (Å²) in [6.07, 6.45) is 7.05. The molecular formula is C17H18ClN5. The fourth-order valence-corrected chi connectivity index (χ4v) is 3.55. The number of nitrogens with zero attached hydrogens (tertiary/aromatic N) is 1. The highest BCUT2D eigenvalue weighted by Crippen LogP contribution is 2.44. The molecule has 5 N–H and O–H groups in total. The van der Waals surface area contributed by atoms with Crippen LogP contribution in [0.3, 0.4) is 0 Å². The van der Waals surface area contributed by atoms with Crippen molar-refractivity contribution >= 4 is 23.1 Å². The van der Waals surface area contributed by atoms with Crippen LogP contribution in [-0.4, -0.2) is 22.8 Å². The number of aromatic amines is 1. The highest BCUT2D eigenvalue weighted by molar-refractivity contribution is 6.30. The molecule has 118 valence electrons. The number of allylic oxidation sites excluding steroid dienone is 1. The lowest BCUT2D eigenvalue weighted by Gasteiger charge is -2.26. The molecule has 1 aromatic carbocycles. The molecule has 0 spiro atoms. The Morgan fingerprint density at radius 2 is 2.22 bits per heavy atom. The van der Waals surface area contributed by atoms with Crippen LogP contribution in [0.4, 0.5) is 11.5 Å². The van der Waals surface area contributed by atoms with E-state index in [1.165, 1.54) is 11.1 Å². The predicted octanol–water partition coefficient (Wildman–Crippen LogP) is 3.23. The van der Waals surface area contributed by atoms with Gasteiger partial charge in [-0.05, 0) is 48.4 Å². The maximum Gasteiger partial charge on any atom is 0.152 e. The van der Waals surface area contributed by atoms with E-state index in [2.05, 4.69) is 33.0 Å². The topological polar surface area (TPSA) is 78.8 Å². The highest BCUT2D eigenvalue weighted by Gasteiger charge is 2.35. The molecule has 2 atom stereocenters. The standard InChI is InChI=1S/C17H18ClN5/c18-11-1-2-15-13(8-11)14-9-12(21-16-4-6-20-23-16)7-10(3-5-19)17(14)22-15/h1-2,4,6-9,14,17,22H,3,5,19H2,(H2,20,21,23). The van der Waals surface area contributed by atoms with Crippen LogP contribution >= 0.6 is 11.6 Å². The lowest BCUT2D eigenvalue weighted by atomic mass is 9.84. The van der Waals surface area contributed by atoms with Gasteiger partial charge < -0.3 is 16.4 Å². The molecule has 2 aliphatic rings. The van der Waals surface area contributed by atoms with Gasteiger partial charge in [-0.15, -0.1) is 0 Å². The fraction of sp³-hybridized carbons (Fsp3) is 0.235. The lowest BCUT2D eigenvalue weighted by molar-refractivity contribution is 0.714. The fourth-order valence-electron chi connectivity index (χ4n) is 3.37. The molecule has 23 heavy (non-hydrogen) atoms. The van der Waals surface area contributed by atoms with Crippen LogP contribution in [0.25, 0.3) is 0 Å². The highest BCUT2D eigenvalue weighted by atomic mass is 35.5. The van der Waals surface area contributed by atoms with Crippen molar-refractivity contribution in [3.8, 4) is 0 Å². The molecule has 0 fully saturated rings. The van der Waals surface area contributed by atoms with E-state index in [-0.39, 0.29) is 12.0 Å². The molecule has 2 unspecified atom stereocenters. The summed E-state index contributed by atoms with van der Waals surface area (Å²) in [5.74, 6) is 1.05. The number of anilines is 2. The van der Waals surface area contributed by atoms with Gasteiger partial charge in [0.25, 0.3) is 0 Å². The second-order valence-corrected chi connectivity index (χ2v) is 6.28. The van der Waals surface area contributed by atoms with Crippen molar-refractivity contribution in [3.05, 3.63) is 64.5 Å². The van der Waals surface area contributed by atoms with Gasteiger partial charge in [0.1, 0.15) is 0 Å². The Morgan fingerprint density at radius 3 is 3.00 bits per heavy atom. The number of hydrogen-bond donors (Lipinski definition) is 4. The molecule has 0 radical (unpaired) electrons. The SMILES string of the molecule is NCCC1=CC(Nc2cc[nH]n2)=CC2c3cc(Cl)ccc3NC12. The first-order valence-electron chi connectivity index (χ1n) is 7.70. The van der Waals surface area contributed by atoms with Crippen molar-refractivity contribution in [2.75, 3.05) is 17.2 Å². The first-order valence-corrected chi connectivity index (χ1v) is 8.07. The van der Waals surface area contributed by atoms with Crippen molar-refractivity contribution in [2.24, 2.45) is 5.73 Å². The maximum absolute atomic E-state index is 6.19. The summed E-state index contributed by atoms with van der Waals surface area (Å²) in [7, 11) is 0. The first-order chi connectivity index (χ1) is 11.2. The summed E-state index contributed by atoms with van der Waals surface area (Å²) in [5.41, 5.74) is 10.5. The van der Waals surface area contributed by atoms with Crippen molar-refractivity contribution in [1.82, 2.24) is 10.2 Å². The minimum Gasteiger partial charge on any atom is -0.377 e. The van der Waals surface area contributed by atoms with E-state index in [9.17, 15) is 0 Å². The summed E-state index contributed by atoms with van der Waals surface area (Å²) in [5, 5.41) is 14.7. The summed E-state index contributed by atoms with van der Waals surface area (Å²) in [4.78, 5) is 0. The smallest absolute Gasteiger partial charge is 0.152 e. The Balaban J connectivity index is 1.72. The van der Waals surface area contributed by atoms with Gasteiger partial charge in [0.15, 0.2) is 5.82 Å². The van der Waals surface area contributed by atoms with Crippen LogP contribution in [0.2, 0.25) is 5.02 Å². The van der Waals surface area contributed by atoms with E-state index >= 15 is 0 Å². The zero-order valence-corrected chi connectivity index (χ0v) is 13.3. The van der Waals surface area contributed by atoms with E-state index < -0.39 is 0 Å². The van der Waals surface area contributed by atoms with Crippen LogP contribution in [0, 0.1) is 0 Å². The monoisotopic (exact) mass is 327 g/mol. The molecule has 2 heterocycles. The summed E-state index contributed by atoms with van der Waals surface area (Å²) >= 11 is 6.19. The number of nitrogens with one attached hydrogen (secondary N) is 3. The number of hydrogen-bond acceptors (Lipinski definition) is 4. The summed E-state index contributed by atoms with van der Waals surface area (Å²) in [6, 6.07) is 8.16. The Morgan fingerprint density at radius 1 is 1.30 bits per heavy atom. The van der Waals surface area contributed by atoms with Gasteiger partial charge in [0.05, 0.1) is 6.04 Å². The van der Waals surface area contributed by atoms with Gasteiger partial charge in [-0.1, -0.05) is 17.7 Å². The molecule has 0 bridgehead atoms. The van der Waals surface area contributed by atoms with E-state index in [0.29, 0.717) is 6.54 Å². The average molecular weight is 328 g/mol. The van der Waals surface area contributed by atoms with Crippen LogP contribution in [0.5, 0.6) is 0 Å². The van der Waals surface area contributed by atoms with Crippen molar-refractivity contribution in [3.63, 3.8) is 0 Å². The Kier molecular flexibility index (Phi) is 3.59. The number of halogens is 1. The van der Waals surface area contributed by atoms with Crippen molar-refractivity contribution in [2.45, 2.75) is 18.4 Å². The summed E-state index contributed by atoms with van der Waals surface area (Å²) in [6.45, 7) is 0.628. The van der Waals surface area contributed by atoms with Crippen molar-refractivity contribution in [1.29, 1.82) is 0 Å². The number of nitrogens with two attached hydrogens (primary N) is 1. The molecule has 0 saturated carbocycles. The minimum atomic E-state index is 0.247. The van der Waals surface area contributed by atoms with E-state index in [4.69, 9.17) is 17.3 Å². The Bertz CT molecular complexity index is 778. The summed E-state index contributed by atoms with van der Waals surface area (Å²) < 4.78 is 0. The zero-order valence-electron chi connectivity index (χ0n) is 12.5. The average Bonchev–Trinajstić information content (AvgIpc) is 3.16. The third-order valence-electron chi connectivity index (χ3n) is 4.35. The third kappa shape index (κ3) is 2.62. The van der Waals surface area contributed by atoms with Gasteiger partial charge in [-0.3, -0.25) is 5.10 Å². The predicted molar refractivity (Wildman–Crippen MR) is 93.7 cm³/mol. The van der Waals surface area contributed by atoms with Gasteiger partial charge in [-0.25, -0.2) is 0 Å². The number of rotatable bonds is 4. The minimum absolute atomic E-state index is 0.247. The van der Waals surface area contributed by atoms with E-state index in [1.807, 2.05) is 24.3 Å². The number of H-pyrrole nitrogens is 1. The first kappa shape index (κ1) is 14.4. The number of fused-ring (bicyclic) bond motifs is 3. The molecule has 6 heteroatoms. The third-order valence-corrected chi connectivity index (χ3v) is 4.58. The van der Waals surface area contributed by atoms with Crippen LogP contribution in [0.1, 0.15) is 17.9 Å². The number of aromatic nitrogens is 2. The van der Waals surface area contributed by atoms with E-state index in [1.54, 1.807) is 6.20 Å². The largest absolute Gasteiger partial charge is 0.377 e. The zero-order chi connectivity index (χ0) is 15.8. The molecule has 4 rings (SSSR count). The Hall–Kier alpha value is -2.24. The van der Waals surface area contributed by atoms with Crippen LogP contribution in [0.15, 0.2) is 53.9 Å².